The van der Waals surface area contributed by atoms with Crippen molar-refractivity contribution in [1.82, 2.24) is 24.8 Å². The van der Waals surface area contributed by atoms with Crippen molar-refractivity contribution in [2.24, 2.45) is 5.10 Å². The maximum atomic E-state index is 12.7. The van der Waals surface area contributed by atoms with Crippen molar-refractivity contribution < 1.29 is 4.79 Å². The van der Waals surface area contributed by atoms with Crippen LogP contribution in [0.4, 0.5) is 0 Å². The summed E-state index contributed by atoms with van der Waals surface area (Å²) >= 11 is 1.25. The lowest BCUT2D eigenvalue weighted by molar-refractivity contribution is -0.116. The van der Waals surface area contributed by atoms with E-state index in [1.807, 2.05) is 30.3 Å². The summed E-state index contributed by atoms with van der Waals surface area (Å²) in [5.41, 5.74) is 0.971. The van der Waals surface area contributed by atoms with Crippen molar-refractivity contribution in [3.63, 3.8) is 0 Å². The number of aryl methyl sites for hydroxylation is 1. The highest BCUT2D eigenvalue weighted by atomic mass is 32.2. The first kappa shape index (κ1) is 14.6. The van der Waals surface area contributed by atoms with E-state index in [0.717, 1.165) is 5.69 Å². The van der Waals surface area contributed by atoms with Crippen molar-refractivity contribution in [2.45, 2.75) is 6.92 Å². The Morgan fingerprint density at radius 3 is 2.75 bits per heavy atom. The van der Waals surface area contributed by atoms with E-state index in [1.165, 1.54) is 22.6 Å². The number of rotatable bonds is 2. The van der Waals surface area contributed by atoms with Gasteiger partial charge >= 0.3 is 0 Å². The number of nitrogens with one attached hydrogen (secondary N) is 1. The van der Waals surface area contributed by atoms with Gasteiger partial charge < -0.3 is 5.32 Å². The molecule has 0 atom stereocenters. The molecule has 3 heterocycles. The Balaban J connectivity index is 1.88. The Morgan fingerprint density at radius 1 is 1.25 bits per heavy atom. The molecule has 1 aliphatic rings. The third-order valence-electron chi connectivity index (χ3n) is 3.52. The molecular weight excluding hydrogens is 328 g/mol. The fourth-order valence-electron chi connectivity index (χ4n) is 2.41. The number of thioether (sulfide) groups is 1. The summed E-state index contributed by atoms with van der Waals surface area (Å²) in [4.78, 5) is 28.4. The fourth-order valence-corrected chi connectivity index (χ4v) is 3.07. The molecule has 1 N–H and O–H groups in total. The van der Waals surface area contributed by atoms with Gasteiger partial charge in [0.1, 0.15) is 11.2 Å². The number of carbonyl (C=O) groups is 1. The van der Waals surface area contributed by atoms with E-state index in [-0.39, 0.29) is 11.5 Å². The van der Waals surface area contributed by atoms with E-state index in [1.54, 1.807) is 11.6 Å². The lowest BCUT2D eigenvalue weighted by atomic mass is 10.3. The number of amides is 1. The molecule has 0 bridgehead atoms. The quantitative estimate of drug-likeness (QED) is 0.747. The molecule has 2 aromatic heterocycles. The third kappa shape index (κ3) is 2.38. The molecule has 9 heteroatoms. The number of amidine groups is 1. The molecule has 24 heavy (non-hydrogen) atoms. The van der Waals surface area contributed by atoms with Crippen LogP contribution >= 0.6 is 11.8 Å². The number of hydrogen-bond donors (Lipinski definition) is 1. The van der Waals surface area contributed by atoms with Crippen LogP contribution in [-0.2, 0) is 4.79 Å². The molecule has 4 rings (SSSR count). The predicted molar refractivity (Wildman–Crippen MR) is 91.3 cm³/mol. The van der Waals surface area contributed by atoms with E-state index >= 15 is 0 Å². The Morgan fingerprint density at radius 2 is 2.04 bits per heavy atom. The third-order valence-corrected chi connectivity index (χ3v) is 4.38. The minimum Gasteiger partial charge on any atom is -0.303 e. The molecule has 0 radical (unpaired) electrons. The zero-order chi connectivity index (χ0) is 16.7. The lowest BCUT2D eigenvalue weighted by Crippen LogP contribution is -2.26. The Hall–Kier alpha value is -2.94. The maximum absolute atomic E-state index is 12.7. The van der Waals surface area contributed by atoms with Gasteiger partial charge in [-0.3, -0.25) is 9.59 Å². The van der Waals surface area contributed by atoms with Crippen LogP contribution < -0.4 is 10.9 Å². The second-order valence-electron chi connectivity index (χ2n) is 5.15. The van der Waals surface area contributed by atoms with E-state index in [9.17, 15) is 9.59 Å². The van der Waals surface area contributed by atoms with Gasteiger partial charge in [-0.25, -0.2) is 9.67 Å². The summed E-state index contributed by atoms with van der Waals surface area (Å²) in [7, 11) is 0. The molecule has 0 saturated carbocycles. The molecule has 1 amide bonds. The zero-order valence-electron chi connectivity index (χ0n) is 12.6. The van der Waals surface area contributed by atoms with Gasteiger partial charge in [0.2, 0.25) is 5.91 Å². The highest BCUT2D eigenvalue weighted by Gasteiger charge is 2.19. The second kappa shape index (κ2) is 5.60. The first-order valence-electron chi connectivity index (χ1n) is 7.18. The van der Waals surface area contributed by atoms with Gasteiger partial charge in [0, 0.05) is 0 Å². The maximum Gasteiger partial charge on any atom is 0.285 e. The van der Waals surface area contributed by atoms with E-state index in [4.69, 9.17) is 0 Å². The van der Waals surface area contributed by atoms with Crippen LogP contribution in [0.15, 0.2) is 46.4 Å². The Kier molecular flexibility index (Phi) is 3.42. The van der Waals surface area contributed by atoms with Crippen LogP contribution in [0.3, 0.4) is 0 Å². The smallest absolute Gasteiger partial charge is 0.285 e. The van der Waals surface area contributed by atoms with Crippen LogP contribution in [-0.4, -0.2) is 36.3 Å². The molecule has 1 aliphatic heterocycles. The van der Waals surface area contributed by atoms with Gasteiger partial charge in [-0.1, -0.05) is 30.0 Å². The molecule has 0 spiro atoms. The molecule has 1 fully saturated rings. The largest absolute Gasteiger partial charge is 0.303 e. The van der Waals surface area contributed by atoms with E-state index in [2.05, 4.69) is 20.5 Å². The second-order valence-corrected chi connectivity index (χ2v) is 6.11. The van der Waals surface area contributed by atoms with Crippen LogP contribution in [0.5, 0.6) is 0 Å². The molecule has 3 aromatic rings. The summed E-state index contributed by atoms with van der Waals surface area (Å²) in [6.07, 6.45) is 1.48. The zero-order valence-corrected chi connectivity index (χ0v) is 13.4. The molecule has 0 unspecified atom stereocenters. The number of carbonyl (C=O) groups excluding carboxylic acids is 1. The predicted octanol–water partition coefficient (Wildman–Crippen LogP) is 0.873. The average Bonchev–Trinajstić information content (AvgIpc) is 3.18. The van der Waals surface area contributed by atoms with Gasteiger partial charge in [-0.15, -0.1) is 5.10 Å². The SMILES string of the molecule is Cc1nc2c(cnn2-c2ccccc2)c(=O)n1N=C1NC(=O)CS1. The van der Waals surface area contributed by atoms with Crippen LogP contribution in [0.25, 0.3) is 16.7 Å². The monoisotopic (exact) mass is 340 g/mol. The van der Waals surface area contributed by atoms with Crippen LogP contribution in [0, 0.1) is 6.92 Å². The van der Waals surface area contributed by atoms with Crippen molar-refractivity contribution in [1.29, 1.82) is 0 Å². The van der Waals surface area contributed by atoms with Crippen molar-refractivity contribution in [2.75, 3.05) is 5.75 Å². The summed E-state index contributed by atoms with van der Waals surface area (Å²) in [6, 6.07) is 9.47. The van der Waals surface area contributed by atoms with E-state index < -0.39 is 0 Å². The Bertz CT molecular complexity index is 1040. The van der Waals surface area contributed by atoms with E-state index in [0.29, 0.717) is 27.8 Å². The minimum absolute atomic E-state index is 0.129. The number of aromatic nitrogens is 4. The lowest BCUT2D eigenvalue weighted by Gasteiger charge is -2.06. The summed E-state index contributed by atoms with van der Waals surface area (Å²) < 4.78 is 2.81. The minimum atomic E-state index is -0.325. The average molecular weight is 340 g/mol. The first-order valence-corrected chi connectivity index (χ1v) is 8.16. The highest BCUT2D eigenvalue weighted by Crippen LogP contribution is 2.15. The normalized spacial score (nSPS) is 16.0. The van der Waals surface area contributed by atoms with Gasteiger partial charge in [0.05, 0.1) is 17.6 Å². The topological polar surface area (TPSA) is 94.2 Å². The highest BCUT2D eigenvalue weighted by molar-refractivity contribution is 8.15. The van der Waals surface area contributed by atoms with Gasteiger partial charge in [-0.05, 0) is 19.1 Å². The van der Waals surface area contributed by atoms with Crippen LogP contribution in [0.2, 0.25) is 0 Å². The number of nitrogens with zero attached hydrogens (tertiary/aromatic N) is 5. The van der Waals surface area contributed by atoms with Crippen molar-refractivity contribution >= 4 is 33.9 Å². The molecule has 8 nitrogen and oxygen atoms in total. The van der Waals surface area contributed by atoms with Crippen molar-refractivity contribution in [3.05, 3.63) is 52.7 Å². The molecule has 1 aromatic carbocycles. The number of para-hydroxylation sites is 1. The molecular formula is C15H12N6O2S. The van der Waals surface area contributed by atoms with Crippen LogP contribution in [0.1, 0.15) is 5.82 Å². The van der Waals surface area contributed by atoms with Gasteiger partial charge in [0.25, 0.3) is 5.56 Å². The number of hydrogen-bond acceptors (Lipinski definition) is 6. The number of benzene rings is 1. The summed E-state index contributed by atoms with van der Waals surface area (Å²) in [6.45, 7) is 1.69. The van der Waals surface area contributed by atoms with Gasteiger partial charge in [0.15, 0.2) is 10.8 Å². The molecule has 1 saturated heterocycles. The van der Waals surface area contributed by atoms with Crippen molar-refractivity contribution in [3.8, 4) is 5.69 Å². The van der Waals surface area contributed by atoms with Gasteiger partial charge in [-0.2, -0.15) is 9.77 Å². The Labute approximate surface area is 140 Å². The molecule has 0 aliphatic carbocycles. The standard InChI is InChI=1S/C15H12N6O2S/c1-9-17-13-11(7-16-21(13)10-5-3-2-4-6-10)14(23)20(9)19-15-18-12(22)8-24-15/h2-7H,8H2,1H3,(H,18,19,22). The first-order chi connectivity index (χ1) is 11.6. The summed E-state index contributed by atoms with van der Waals surface area (Å²) in [5, 5.41) is 11.8. The fraction of sp³-hybridized carbons (Fsp3) is 0.133. The molecule has 120 valence electrons. The summed E-state index contributed by atoms with van der Waals surface area (Å²) in [5.74, 6) is 0.587. The number of fused-ring (bicyclic) bond motifs is 1.